The van der Waals surface area contributed by atoms with Gasteiger partial charge < -0.3 is 20.5 Å². The van der Waals surface area contributed by atoms with Crippen LogP contribution >= 0.6 is 0 Å². The molecule has 1 heterocycles. The predicted octanol–water partition coefficient (Wildman–Crippen LogP) is 2.90. The van der Waals surface area contributed by atoms with Gasteiger partial charge in [0.2, 0.25) is 0 Å². The third kappa shape index (κ3) is 3.82. The average Bonchev–Trinajstić information content (AvgIpc) is 2.15. The van der Waals surface area contributed by atoms with Gasteiger partial charge in [0.15, 0.2) is 0 Å². The van der Waals surface area contributed by atoms with Crippen LogP contribution in [0.4, 0.5) is 4.79 Å². The van der Waals surface area contributed by atoms with Gasteiger partial charge in [-0.2, -0.15) is 0 Å². The first-order valence-corrected chi connectivity index (χ1v) is 8.56. The number of hydrogen-bond donors (Lipinski definition) is 2. The molecular formula is C18H34N2O3. The zero-order chi connectivity index (χ0) is 17.9. The fourth-order valence-corrected chi connectivity index (χ4v) is 4.88. The Morgan fingerprint density at radius 1 is 1.04 bits per heavy atom. The molecule has 0 aromatic heterocycles. The zero-order valence-electron chi connectivity index (χ0n) is 15.8. The molecule has 2 aliphatic rings. The Bertz CT molecular complexity index is 469. The van der Waals surface area contributed by atoms with Crippen molar-refractivity contribution in [3.8, 4) is 0 Å². The number of likely N-dealkylation sites (tertiary alicyclic amines) is 1. The number of ether oxygens (including phenoxy) is 1. The van der Waals surface area contributed by atoms with Gasteiger partial charge in [-0.05, 0) is 50.9 Å². The summed E-state index contributed by atoms with van der Waals surface area (Å²) < 4.78 is 5.37. The molecule has 23 heavy (non-hydrogen) atoms. The maximum Gasteiger partial charge on any atom is 0.410 e. The molecule has 0 radical (unpaired) electrons. The summed E-state index contributed by atoms with van der Waals surface area (Å²) in [6, 6.07) is 0. The topological polar surface area (TPSA) is 75.8 Å². The van der Waals surface area contributed by atoms with Crippen LogP contribution < -0.4 is 5.73 Å². The fourth-order valence-electron chi connectivity index (χ4n) is 4.88. The molecule has 2 fully saturated rings. The second-order valence-corrected chi connectivity index (χ2v) is 10.4. The van der Waals surface area contributed by atoms with Gasteiger partial charge in [0, 0.05) is 5.54 Å². The summed E-state index contributed by atoms with van der Waals surface area (Å²) in [5.41, 5.74) is 4.65. The number of hydrogen-bond acceptors (Lipinski definition) is 4. The highest BCUT2D eigenvalue weighted by atomic mass is 16.6. The molecule has 1 aliphatic heterocycles. The Labute approximate surface area is 140 Å². The number of aliphatic hydroxyl groups is 1. The van der Waals surface area contributed by atoms with Gasteiger partial charge in [0.05, 0.1) is 13.1 Å². The molecule has 1 saturated carbocycles. The van der Waals surface area contributed by atoms with Crippen LogP contribution in [0.5, 0.6) is 0 Å². The van der Waals surface area contributed by atoms with E-state index in [1.807, 2.05) is 20.8 Å². The third-order valence-electron chi connectivity index (χ3n) is 5.03. The standard InChI is InChI=1S/C18H34N2O3/c1-14(2,3)23-13(21)20-11-18(22,12-20)17(19)9-15(4,5)8-16(6,7)10-17/h22H,8-12,19H2,1-7H3. The van der Waals surface area contributed by atoms with E-state index in [0.717, 1.165) is 19.3 Å². The molecule has 0 aromatic carbocycles. The van der Waals surface area contributed by atoms with Crippen molar-refractivity contribution in [2.75, 3.05) is 13.1 Å². The Balaban J connectivity index is 2.09. The average molecular weight is 326 g/mol. The summed E-state index contributed by atoms with van der Waals surface area (Å²) in [7, 11) is 0. The van der Waals surface area contributed by atoms with Gasteiger partial charge in [-0.1, -0.05) is 27.7 Å². The number of amides is 1. The minimum atomic E-state index is -1.03. The molecule has 0 spiro atoms. The Hall–Kier alpha value is -0.810. The van der Waals surface area contributed by atoms with Crippen LogP contribution in [0.3, 0.4) is 0 Å². The molecule has 1 amide bonds. The van der Waals surface area contributed by atoms with Crippen LogP contribution in [0.25, 0.3) is 0 Å². The highest BCUT2D eigenvalue weighted by molar-refractivity contribution is 5.70. The lowest BCUT2D eigenvalue weighted by molar-refractivity contribution is -0.170. The van der Waals surface area contributed by atoms with Crippen molar-refractivity contribution < 1.29 is 14.6 Å². The highest BCUT2D eigenvalue weighted by Gasteiger charge is 2.61. The second-order valence-electron chi connectivity index (χ2n) is 10.4. The fraction of sp³-hybridized carbons (Fsp3) is 0.944. The molecule has 0 unspecified atom stereocenters. The molecule has 134 valence electrons. The van der Waals surface area contributed by atoms with Crippen LogP contribution in [0.15, 0.2) is 0 Å². The van der Waals surface area contributed by atoms with Crippen LogP contribution in [0.1, 0.15) is 67.7 Å². The largest absolute Gasteiger partial charge is 0.444 e. The van der Waals surface area contributed by atoms with Crippen LogP contribution in [-0.2, 0) is 4.74 Å². The summed E-state index contributed by atoms with van der Waals surface area (Å²) in [6.45, 7) is 14.9. The van der Waals surface area contributed by atoms with Crippen LogP contribution in [-0.4, -0.2) is 45.9 Å². The van der Waals surface area contributed by atoms with E-state index in [4.69, 9.17) is 10.5 Å². The minimum Gasteiger partial charge on any atom is -0.444 e. The lowest BCUT2D eigenvalue weighted by atomic mass is 9.53. The minimum absolute atomic E-state index is 0.0819. The smallest absolute Gasteiger partial charge is 0.410 e. The van der Waals surface area contributed by atoms with E-state index in [0.29, 0.717) is 0 Å². The van der Waals surface area contributed by atoms with Crippen molar-refractivity contribution in [3.05, 3.63) is 0 Å². The first-order valence-electron chi connectivity index (χ1n) is 8.56. The number of carbonyl (C=O) groups is 1. The lowest BCUT2D eigenvalue weighted by Gasteiger charge is -2.61. The molecule has 5 heteroatoms. The monoisotopic (exact) mass is 326 g/mol. The number of β-amino-alcohol motifs (C(OH)–C–C–N with tert-alkyl or cyclic N) is 1. The first kappa shape index (κ1) is 18.5. The summed E-state index contributed by atoms with van der Waals surface area (Å²) in [5.74, 6) is 0. The van der Waals surface area contributed by atoms with Gasteiger partial charge in [-0.15, -0.1) is 0 Å². The third-order valence-corrected chi connectivity index (χ3v) is 5.03. The van der Waals surface area contributed by atoms with E-state index in [-0.39, 0.29) is 30.0 Å². The summed E-state index contributed by atoms with van der Waals surface area (Å²) in [6.07, 6.45) is 2.25. The van der Waals surface area contributed by atoms with Crippen molar-refractivity contribution >= 4 is 6.09 Å². The normalized spacial score (nSPS) is 28.0. The molecule has 0 bridgehead atoms. The quantitative estimate of drug-likeness (QED) is 0.777. The molecule has 1 aliphatic carbocycles. The predicted molar refractivity (Wildman–Crippen MR) is 91.1 cm³/mol. The van der Waals surface area contributed by atoms with Crippen molar-refractivity contribution in [2.24, 2.45) is 16.6 Å². The molecular weight excluding hydrogens is 292 g/mol. The molecule has 3 N–H and O–H groups in total. The number of nitrogens with two attached hydrogens (primary N) is 1. The number of nitrogens with zero attached hydrogens (tertiary/aromatic N) is 1. The van der Waals surface area contributed by atoms with E-state index in [1.54, 1.807) is 4.90 Å². The van der Waals surface area contributed by atoms with Gasteiger partial charge in [0.1, 0.15) is 11.2 Å². The van der Waals surface area contributed by atoms with Crippen LogP contribution in [0, 0.1) is 10.8 Å². The van der Waals surface area contributed by atoms with Gasteiger partial charge in [0.25, 0.3) is 0 Å². The van der Waals surface area contributed by atoms with Crippen molar-refractivity contribution in [1.29, 1.82) is 0 Å². The first-order chi connectivity index (χ1) is 10.1. The zero-order valence-corrected chi connectivity index (χ0v) is 15.8. The van der Waals surface area contributed by atoms with Gasteiger partial charge in [-0.3, -0.25) is 0 Å². The van der Waals surface area contributed by atoms with Crippen LogP contribution in [0.2, 0.25) is 0 Å². The maximum absolute atomic E-state index is 12.1. The second kappa shape index (κ2) is 5.09. The van der Waals surface area contributed by atoms with Gasteiger partial charge in [-0.25, -0.2) is 4.79 Å². The van der Waals surface area contributed by atoms with Crippen molar-refractivity contribution in [3.63, 3.8) is 0 Å². The molecule has 2 rings (SSSR count). The SMILES string of the molecule is CC1(C)CC(C)(C)CC(N)(C2(O)CN(C(=O)OC(C)(C)C)C2)C1. The van der Waals surface area contributed by atoms with Crippen molar-refractivity contribution in [1.82, 2.24) is 4.90 Å². The molecule has 1 saturated heterocycles. The summed E-state index contributed by atoms with van der Waals surface area (Å²) in [5, 5.41) is 11.1. The molecule has 0 aromatic rings. The number of rotatable bonds is 1. The summed E-state index contributed by atoms with van der Waals surface area (Å²) in [4.78, 5) is 13.7. The Kier molecular flexibility index (Phi) is 4.10. The van der Waals surface area contributed by atoms with E-state index in [2.05, 4.69) is 27.7 Å². The van der Waals surface area contributed by atoms with E-state index < -0.39 is 16.7 Å². The Morgan fingerprint density at radius 3 is 1.87 bits per heavy atom. The maximum atomic E-state index is 12.1. The Morgan fingerprint density at radius 2 is 1.48 bits per heavy atom. The van der Waals surface area contributed by atoms with Crippen molar-refractivity contribution in [2.45, 2.75) is 84.5 Å². The van der Waals surface area contributed by atoms with Gasteiger partial charge >= 0.3 is 6.09 Å². The lowest BCUT2D eigenvalue weighted by Crippen LogP contribution is -2.79. The van der Waals surface area contributed by atoms with E-state index >= 15 is 0 Å². The highest BCUT2D eigenvalue weighted by Crippen LogP contribution is 2.53. The molecule has 0 atom stereocenters. The summed E-state index contributed by atoms with van der Waals surface area (Å²) >= 11 is 0. The van der Waals surface area contributed by atoms with E-state index in [9.17, 15) is 9.90 Å². The molecule has 5 nitrogen and oxygen atoms in total. The number of carbonyl (C=O) groups excluding carboxylic acids is 1. The van der Waals surface area contributed by atoms with E-state index in [1.165, 1.54) is 0 Å².